The van der Waals surface area contributed by atoms with Gasteiger partial charge in [-0.15, -0.1) is 12.4 Å². The third kappa shape index (κ3) is 4.66. The van der Waals surface area contributed by atoms with Gasteiger partial charge in [-0.1, -0.05) is 0 Å². The van der Waals surface area contributed by atoms with Crippen molar-refractivity contribution in [2.24, 2.45) is 5.92 Å². The first kappa shape index (κ1) is 16.2. The zero-order chi connectivity index (χ0) is 13.0. The summed E-state index contributed by atoms with van der Waals surface area (Å²) in [6, 6.07) is 0.183. The molecule has 2 unspecified atom stereocenters. The minimum absolute atomic E-state index is 0. The molecule has 2 N–H and O–H groups in total. The van der Waals surface area contributed by atoms with Crippen molar-refractivity contribution in [2.75, 3.05) is 26.2 Å². The van der Waals surface area contributed by atoms with Crippen LogP contribution >= 0.6 is 12.4 Å². The van der Waals surface area contributed by atoms with Crippen LogP contribution in [0.3, 0.4) is 0 Å². The molecule has 110 valence electrons. The highest BCUT2D eigenvalue weighted by atomic mass is 35.5. The molecule has 2 amide bonds. The highest BCUT2D eigenvalue weighted by molar-refractivity contribution is 5.86. The molecule has 0 aromatic carbocycles. The van der Waals surface area contributed by atoms with Crippen LogP contribution in [0.1, 0.15) is 32.6 Å². The Hall–Kier alpha value is -0.810. The van der Waals surface area contributed by atoms with E-state index in [1.807, 2.05) is 0 Å². The number of rotatable bonds is 4. The lowest BCUT2D eigenvalue weighted by atomic mass is 9.93. The average molecular weight is 290 g/mol. The molecule has 2 aliphatic heterocycles. The van der Waals surface area contributed by atoms with Crippen molar-refractivity contribution in [3.8, 4) is 0 Å². The smallest absolute Gasteiger partial charge is 0.239 e. The molecular weight excluding hydrogens is 266 g/mol. The summed E-state index contributed by atoms with van der Waals surface area (Å²) in [6.07, 6.45) is 3.82. The first-order valence-corrected chi connectivity index (χ1v) is 6.94. The predicted molar refractivity (Wildman–Crippen MR) is 76.3 cm³/mol. The normalized spacial score (nSPS) is 24.8. The second-order valence-electron chi connectivity index (χ2n) is 5.38. The minimum atomic E-state index is -0.0247. The predicted octanol–water partition coefficient (Wildman–Crippen LogP) is 0.535. The molecule has 5 nitrogen and oxygen atoms in total. The fourth-order valence-corrected chi connectivity index (χ4v) is 2.77. The van der Waals surface area contributed by atoms with Gasteiger partial charge < -0.3 is 15.5 Å². The van der Waals surface area contributed by atoms with E-state index in [0.717, 1.165) is 32.5 Å². The maximum atomic E-state index is 11.9. The van der Waals surface area contributed by atoms with E-state index >= 15 is 0 Å². The van der Waals surface area contributed by atoms with Crippen molar-refractivity contribution in [3.63, 3.8) is 0 Å². The monoisotopic (exact) mass is 289 g/mol. The number of carbonyl (C=O) groups excluding carboxylic acids is 2. The van der Waals surface area contributed by atoms with E-state index in [1.54, 1.807) is 4.90 Å². The molecule has 2 aliphatic rings. The fraction of sp³-hybridized carbons (Fsp3) is 0.846. The maximum Gasteiger partial charge on any atom is 0.239 e. The molecule has 2 atom stereocenters. The van der Waals surface area contributed by atoms with Crippen LogP contribution in [0.4, 0.5) is 0 Å². The Balaban J connectivity index is 0.00000180. The molecule has 19 heavy (non-hydrogen) atoms. The number of hydrogen-bond acceptors (Lipinski definition) is 3. The summed E-state index contributed by atoms with van der Waals surface area (Å²) >= 11 is 0. The number of carbonyl (C=O) groups is 2. The van der Waals surface area contributed by atoms with Gasteiger partial charge in [0.1, 0.15) is 0 Å². The van der Waals surface area contributed by atoms with Gasteiger partial charge in [-0.2, -0.15) is 0 Å². The summed E-state index contributed by atoms with van der Waals surface area (Å²) in [7, 11) is 0. The van der Waals surface area contributed by atoms with Crippen LogP contribution in [0, 0.1) is 5.92 Å². The Morgan fingerprint density at radius 1 is 1.53 bits per heavy atom. The molecule has 0 bridgehead atoms. The molecule has 0 spiro atoms. The Morgan fingerprint density at radius 3 is 2.89 bits per heavy atom. The summed E-state index contributed by atoms with van der Waals surface area (Å²) in [5, 5.41) is 6.38. The van der Waals surface area contributed by atoms with Crippen LogP contribution in [-0.2, 0) is 9.59 Å². The molecular formula is C13H24ClN3O2. The molecule has 0 saturated carbocycles. The van der Waals surface area contributed by atoms with E-state index in [-0.39, 0.29) is 36.8 Å². The fourth-order valence-electron chi connectivity index (χ4n) is 2.77. The topological polar surface area (TPSA) is 61.4 Å². The van der Waals surface area contributed by atoms with Gasteiger partial charge in [-0.3, -0.25) is 9.59 Å². The van der Waals surface area contributed by atoms with E-state index in [1.165, 1.54) is 6.42 Å². The summed E-state index contributed by atoms with van der Waals surface area (Å²) in [4.78, 5) is 25.0. The molecule has 2 fully saturated rings. The minimum Gasteiger partial charge on any atom is -0.352 e. The number of likely N-dealkylation sites (tertiary alicyclic amines) is 1. The van der Waals surface area contributed by atoms with Crippen molar-refractivity contribution in [3.05, 3.63) is 0 Å². The van der Waals surface area contributed by atoms with Crippen molar-refractivity contribution in [2.45, 2.75) is 38.6 Å². The Bertz CT molecular complexity index is 319. The van der Waals surface area contributed by atoms with E-state index < -0.39 is 0 Å². The van der Waals surface area contributed by atoms with E-state index in [2.05, 4.69) is 17.6 Å². The van der Waals surface area contributed by atoms with Crippen LogP contribution in [0.25, 0.3) is 0 Å². The Morgan fingerprint density at radius 2 is 2.32 bits per heavy atom. The van der Waals surface area contributed by atoms with Crippen LogP contribution in [0.5, 0.6) is 0 Å². The number of piperidine rings is 1. The molecule has 2 saturated heterocycles. The lowest BCUT2D eigenvalue weighted by Gasteiger charge is -2.29. The number of halogens is 1. The maximum absolute atomic E-state index is 11.9. The van der Waals surface area contributed by atoms with E-state index in [0.29, 0.717) is 12.3 Å². The zero-order valence-electron chi connectivity index (χ0n) is 11.5. The van der Waals surface area contributed by atoms with Gasteiger partial charge >= 0.3 is 0 Å². The Labute approximate surface area is 120 Å². The highest BCUT2D eigenvalue weighted by Gasteiger charge is 2.25. The second-order valence-corrected chi connectivity index (χ2v) is 5.38. The van der Waals surface area contributed by atoms with Crippen LogP contribution in [0.15, 0.2) is 0 Å². The summed E-state index contributed by atoms with van der Waals surface area (Å²) in [5.41, 5.74) is 0. The molecule has 0 aromatic rings. The molecule has 6 heteroatoms. The quantitative estimate of drug-likeness (QED) is 0.794. The number of amides is 2. The average Bonchev–Trinajstić information content (AvgIpc) is 2.76. The van der Waals surface area contributed by atoms with Gasteiger partial charge in [0.2, 0.25) is 11.8 Å². The first-order valence-electron chi connectivity index (χ1n) is 6.94. The SMILES string of the molecule is CC(NC(=O)CN1CCCC1=O)C1CCCNC1.Cl. The molecule has 2 heterocycles. The molecule has 0 aromatic heterocycles. The Kier molecular flexibility index (Phi) is 6.58. The van der Waals surface area contributed by atoms with Gasteiger partial charge in [0.15, 0.2) is 0 Å². The van der Waals surface area contributed by atoms with Gasteiger partial charge in [-0.25, -0.2) is 0 Å². The van der Waals surface area contributed by atoms with Crippen LogP contribution in [-0.4, -0.2) is 48.9 Å². The van der Waals surface area contributed by atoms with Gasteiger partial charge in [0.05, 0.1) is 6.54 Å². The van der Waals surface area contributed by atoms with Crippen molar-refractivity contribution in [1.82, 2.24) is 15.5 Å². The highest BCUT2D eigenvalue weighted by Crippen LogP contribution is 2.14. The van der Waals surface area contributed by atoms with E-state index in [9.17, 15) is 9.59 Å². The van der Waals surface area contributed by atoms with Crippen molar-refractivity contribution in [1.29, 1.82) is 0 Å². The van der Waals surface area contributed by atoms with Gasteiger partial charge in [-0.05, 0) is 45.2 Å². The van der Waals surface area contributed by atoms with Crippen molar-refractivity contribution < 1.29 is 9.59 Å². The molecule has 2 rings (SSSR count). The van der Waals surface area contributed by atoms with E-state index in [4.69, 9.17) is 0 Å². The summed E-state index contributed by atoms with van der Waals surface area (Å²) < 4.78 is 0. The number of nitrogens with zero attached hydrogens (tertiary/aromatic N) is 1. The van der Waals surface area contributed by atoms with Crippen LogP contribution in [0.2, 0.25) is 0 Å². The first-order chi connectivity index (χ1) is 8.66. The summed E-state index contributed by atoms with van der Waals surface area (Å²) in [6.45, 7) is 5.07. The standard InChI is InChI=1S/C13H23N3O2.ClH/c1-10(11-4-2-6-14-8-11)15-12(17)9-16-7-3-5-13(16)18;/h10-11,14H,2-9H2,1H3,(H,15,17);1H. The zero-order valence-corrected chi connectivity index (χ0v) is 12.3. The summed E-state index contributed by atoms with van der Waals surface area (Å²) in [5.74, 6) is 0.595. The molecule has 0 aliphatic carbocycles. The molecule has 0 radical (unpaired) electrons. The lowest BCUT2D eigenvalue weighted by Crippen LogP contribution is -2.47. The third-order valence-electron chi connectivity index (χ3n) is 3.94. The number of hydrogen-bond donors (Lipinski definition) is 2. The number of nitrogens with one attached hydrogen (secondary N) is 2. The lowest BCUT2D eigenvalue weighted by molar-refractivity contribution is -0.133. The third-order valence-corrected chi connectivity index (χ3v) is 3.94. The van der Waals surface area contributed by atoms with Crippen LogP contribution < -0.4 is 10.6 Å². The second kappa shape index (κ2) is 7.70. The van der Waals surface area contributed by atoms with Gasteiger partial charge in [0.25, 0.3) is 0 Å². The van der Waals surface area contributed by atoms with Crippen molar-refractivity contribution >= 4 is 24.2 Å². The largest absolute Gasteiger partial charge is 0.352 e. The van der Waals surface area contributed by atoms with Gasteiger partial charge in [0, 0.05) is 19.0 Å².